The number of benzene rings is 1. The van der Waals surface area contributed by atoms with Gasteiger partial charge in [-0.1, -0.05) is 43.6 Å². The predicted octanol–water partition coefficient (Wildman–Crippen LogP) is 3.90. The van der Waals surface area contributed by atoms with Gasteiger partial charge in [0.05, 0.1) is 12.2 Å². The SMILES string of the molecule is C=C(C)[C@H]1CCC(C)=C[C@H]1c1c(O)cc(CCCCC)c(C(=O)NCC(N)CO)c1O. The van der Waals surface area contributed by atoms with E-state index in [1.54, 1.807) is 6.07 Å². The lowest BCUT2D eigenvalue weighted by Crippen LogP contribution is -2.39. The maximum Gasteiger partial charge on any atom is 0.255 e. The number of hydrogen-bond acceptors (Lipinski definition) is 5. The molecule has 3 atom stereocenters. The summed E-state index contributed by atoms with van der Waals surface area (Å²) in [6, 6.07) is 1.04. The number of carbonyl (C=O) groups is 1. The highest BCUT2D eigenvalue weighted by molar-refractivity contribution is 5.99. The molecule has 1 aliphatic carbocycles. The second-order valence-corrected chi connectivity index (χ2v) is 8.83. The van der Waals surface area contributed by atoms with Crippen molar-refractivity contribution in [2.45, 2.75) is 71.3 Å². The van der Waals surface area contributed by atoms with Crippen molar-refractivity contribution in [1.29, 1.82) is 0 Å². The van der Waals surface area contributed by atoms with Crippen molar-refractivity contribution in [1.82, 2.24) is 5.32 Å². The summed E-state index contributed by atoms with van der Waals surface area (Å²) in [6.07, 6.45) is 7.33. The number of unbranched alkanes of at least 4 members (excludes halogenated alkanes) is 2. The van der Waals surface area contributed by atoms with E-state index in [4.69, 9.17) is 10.8 Å². The minimum atomic E-state index is -0.581. The summed E-state index contributed by atoms with van der Waals surface area (Å²) < 4.78 is 0. The van der Waals surface area contributed by atoms with Crippen molar-refractivity contribution < 1.29 is 20.1 Å². The molecule has 0 spiro atoms. The Labute approximate surface area is 185 Å². The third kappa shape index (κ3) is 6.11. The molecule has 6 nitrogen and oxygen atoms in total. The minimum Gasteiger partial charge on any atom is -0.507 e. The molecule has 0 bridgehead atoms. The highest BCUT2D eigenvalue weighted by Crippen LogP contribution is 2.48. The monoisotopic (exact) mass is 430 g/mol. The lowest BCUT2D eigenvalue weighted by Gasteiger charge is -2.32. The number of aryl methyl sites for hydroxylation is 1. The molecule has 6 N–H and O–H groups in total. The van der Waals surface area contributed by atoms with Gasteiger partial charge in [-0.15, -0.1) is 0 Å². The van der Waals surface area contributed by atoms with Gasteiger partial charge in [-0.25, -0.2) is 0 Å². The zero-order chi connectivity index (χ0) is 23.1. The van der Waals surface area contributed by atoms with Crippen molar-refractivity contribution in [3.8, 4) is 11.5 Å². The third-order valence-electron chi connectivity index (χ3n) is 6.15. The Morgan fingerprint density at radius 2 is 2.06 bits per heavy atom. The summed E-state index contributed by atoms with van der Waals surface area (Å²) in [6.45, 7) is 10.1. The molecule has 0 saturated carbocycles. The summed E-state index contributed by atoms with van der Waals surface area (Å²) in [7, 11) is 0. The van der Waals surface area contributed by atoms with Crippen LogP contribution in [-0.4, -0.2) is 40.4 Å². The van der Waals surface area contributed by atoms with Crippen molar-refractivity contribution in [2.24, 2.45) is 11.7 Å². The molecular weight excluding hydrogens is 392 g/mol. The number of nitrogens with one attached hydrogen (secondary N) is 1. The Morgan fingerprint density at radius 3 is 2.68 bits per heavy atom. The number of phenols is 2. The average molecular weight is 431 g/mol. The van der Waals surface area contributed by atoms with Gasteiger partial charge in [0.2, 0.25) is 0 Å². The molecule has 31 heavy (non-hydrogen) atoms. The van der Waals surface area contributed by atoms with Gasteiger partial charge in [0.15, 0.2) is 0 Å². The van der Waals surface area contributed by atoms with Crippen molar-refractivity contribution in [3.05, 3.63) is 46.6 Å². The standard InChI is InChI=1S/C25H38N2O4/c1-5-6-7-8-17-12-21(29)23(20-11-16(4)9-10-19(20)15(2)3)24(30)22(17)25(31)27-13-18(26)14-28/h11-12,18-20,28-30H,2,5-10,13-14,26H2,1,3-4H3,(H,27,31)/t18?,19-,20-/m1/s1. The number of amides is 1. The summed E-state index contributed by atoms with van der Waals surface area (Å²) in [5.41, 5.74) is 9.08. The molecule has 0 heterocycles. The largest absolute Gasteiger partial charge is 0.507 e. The fraction of sp³-hybridized carbons (Fsp3) is 0.560. The van der Waals surface area contributed by atoms with Gasteiger partial charge < -0.3 is 26.4 Å². The Bertz CT molecular complexity index is 831. The van der Waals surface area contributed by atoms with Crippen LogP contribution in [0.3, 0.4) is 0 Å². The predicted molar refractivity (Wildman–Crippen MR) is 124 cm³/mol. The van der Waals surface area contributed by atoms with Crippen LogP contribution in [-0.2, 0) is 6.42 Å². The van der Waals surface area contributed by atoms with Crippen molar-refractivity contribution in [3.63, 3.8) is 0 Å². The van der Waals surface area contributed by atoms with E-state index in [-0.39, 0.29) is 42.0 Å². The van der Waals surface area contributed by atoms with Crippen LogP contribution in [0.1, 0.15) is 80.3 Å². The first-order valence-electron chi connectivity index (χ1n) is 11.3. The van der Waals surface area contributed by atoms with E-state index in [0.29, 0.717) is 17.5 Å². The van der Waals surface area contributed by atoms with E-state index in [0.717, 1.165) is 37.7 Å². The van der Waals surface area contributed by atoms with Gasteiger partial charge in [-0.05, 0) is 57.1 Å². The van der Waals surface area contributed by atoms with E-state index in [9.17, 15) is 15.0 Å². The molecule has 6 heteroatoms. The average Bonchev–Trinajstić information content (AvgIpc) is 2.71. The van der Waals surface area contributed by atoms with E-state index < -0.39 is 11.9 Å². The van der Waals surface area contributed by atoms with Crippen LogP contribution in [0.2, 0.25) is 0 Å². The number of rotatable bonds is 10. The van der Waals surface area contributed by atoms with Crippen LogP contribution in [0, 0.1) is 5.92 Å². The van der Waals surface area contributed by atoms with Crippen molar-refractivity contribution in [2.75, 3.05) is 13.2 Å². The maximum atomic E-state index is 13.0. The highest BCUT2D eigenvalue weighted by Gasteiger charge is 2.33. The number of phenolic OH excluding ortho intramolecular Hbond substituents is 2. The number of aliphatic hydroxyl groups excluding tert-OH is 1. The van der Waals surface area contributed by atoms with Crippen LogP contribution in [0.5, 0.6) is 11.5 Å². The third-order valence-corrected chi connectivity index (χ3v) is 6.15. The first-order valence-corrected chi connectivity index (χ1v) is 11.3. The number of aromatic hydroxyl groups is 2. The Morgan fingerprint density at radius 1 is 1.35 bits per heavy atom. The first kappa shape index (κ1) is 25.0. The molecule has 172 valence electrons. The summed E-state index contributed by atoms with van der Waals surface area (Å²) in [5.74, 6) is -0.788. The number of aliphatic hydroxyl groups is 1. The van der Waals surface area contributed by atoms with E-state index in [2.05, 4.69) is 24.9 Å². The molecule has 0 radical (unpaired) electrons. The zero-order valence-electron chi connectivity index (χ0n) is 19.1. The molecule has 1 aliphatic rings. The van der Waals surface area contributed by atoms with Gasteiger partial charge in [0.1, 0.15) is 11.5 Å². The molecule has 1 aromatic rings. The summed E-state index contributed by atoms with van der Waals surface area (Å²) in [5, 5.41) is 34.1. The molecule has 0 aliphatic heterocycles. The number of allylic oxidation sites excluding steroid dienone is 3. The number of nitrogens with two attached hydrogens (primary N) is 1. The quantitative estimate of drug-likeness (QED) is 0.285. The summed E-state index contributed by atoms with van der Waals surface area (Å²) >= 11 is 0. The van der Waals surface area contributed by atoms with Gasteiger partial charge >= 0.3 is 0 Å². The van der Waals surface area contributed by atoms with Crippen molar-refractivity contribution >= 4 is 5.91 Å². The molecule has 0 saturated heterocycles. The topological polar surface area (TPSA) is 116 Å². The smallest absolute Gasteiger partial charge is 0.255 e. The fourth-order valence-electron chi connectivity index (χ4n) is 4.35. The van der Waals surface area contributed by atoms with Gasteiger partial charge in [0, 0.05) is 24.1 Å². The molecule has 1 unspecified atom stereocenters. The Kier molecular flexibility index (Phi) is 9.14. The molecule has 0 aromatic heterocycles. The Balaban J connectivity index is 2.55. The zero-order valence-corrected chi connectivity index (χ0v) is 19.1. The molecule has 1 aromatic carbocycles. The van der Waals surface area contributed by atoms with Crippen LogP contribution in [0.4, 0.5) is 0 Å². The van der Waals surface area contributed by atoms with E-state index >= 15 is 0 Å². The molecular formula is C25H38N2O4. The number of carbonyl (C=O) groups excluding carboxylic acids is 1. The fourth-order valence-corrected chi connectivity index (χ4v) is 4.35. The number of hydrogen-bond donors (Lipinski definition) is 5. The summed E-state index contributed by atoms with van der Waals surface area (Å²) in [4.78, 5) is 13.0. The van der Waals surface area contributed by atoms with E-state index in [1.807, 2.05) is 13.8 Å². The Hall–Kier alpha value is -2.31. The van der Waals surface area contributed by atoms with Gasteiger partial charge in [-0.3, -0.25) is 4.79 Å². The van der Waals surface area contributed by atoms with E-state index in [1.165, 1.54) is 5.57 Å². The second-order valence-electron chi connectivity index (χ2n) is 8.83. The molecule has 1 amide bonds. The second kappa shape index (κ2) is 11.3. The van der Waals surface area contributed by atoms with Crippen LogP contribution in [0.15, 0.2) is 29.9 Å². The maximum absolute atomic E-state index is 13.0. The molecule has 0 fully saturated rings. The van der Waals surface area contributed by atoms with Gasteiger partial charge in [0.25, 0.3) is 5.91 Å². The molecule has 2 rings (SSSR count). The van der Waals surface area contributed by atoms with Crippen LogP contribution >= 0.6 is 0 Å². The van der Waals surface area contributed by atoms with Gasteiger partial charge in [-0.2, -0.15) is 0 Å². The van der Waals surface area contributed by atoms with Crippen LogP contribution in [0.25, 0.3) is 0 Å². The highest BCUT2D eigenvalue weighted by atomic mass is 16.3. The minimum absolute atomic E-state index is 0.00908. The lowest BCUT2D eigenvalue weighted by atomic mass is 9.73. The normalized spacial score (nSPS) is 19.6. The van der Waals surface area contributed by atoms with Crippen LogP contribution < -0.4 is 11.1 Å². The first-order chi connectivity index (χ1) is 14.7. The lowest BCUT2D eigenvalue weighted by molar-refractivity contribution is 0.0944.